The standard InChI is InChI=1S/C32H38F3N9O5S/c1-30(2,29(45)46)19-43-16-7-5-6-14-36-27-21(10-9-15-37-27)26-28(44-17-13-24(41-44)49-20-31(3,4)32(33,34)35)38-18-22(39-26)42-50(47,48)25-12-8-11-23(43)40-25/h8-13,15,17-18H,5-7,14,16,19-20H2,1-4H3,(H,36,37)(H,39,42)(H,45,46). The van der Waals surface area contributed by atoms with Gasteiger partial charge in [-0.1, -0.05) is 6.07 Å². The minimum Gasteiger partial charge on any atom is -0.481 e. The van der Waals surface area contributed by atoms with Gasteiger partial charge in [-0.25, -0.2) is 24.6 Å². The smallest absolute Gasteiger partial charge is 0.397 e. The van der Waals surface area contributed by atoms with Crippen molar-refractivity contribution in [3.05, 3.63) is 55.0 Å². The molecule has 0 spiro atoms. The first-order valence-corrected chi connectivity index (χ1v) is 17.3. The Morgan fingerprint density at radius 1 is 1.02 bits per heavy atom. The molecule has 268 valence electrons. The van der Waals surface area contributed by atoms with Crippen LogP contribution in [-0.4, -0.2) is 81.6 Å². The summed E-state index contributed by atoms with van der Waals surface area (Å²) < 4.78 is 76.6. The molecule has 0 radical (unpaired) electrons. The van der Waals surface area contributed by atoms with Crippen LogP contribution >= 0.6 is 0 Å². The van der Waals surface area contributed by atoms with Gasteiger partial charge in [0, 0.05) is 43.7 Å². The number of nitrogens with one attached hydrogen (secondary N) is 2. The highest BCUT2D eigenvalue weighted by atomic mass is 32.2. The molecule has 4 aromatic heterocycles. The van der Waals surface area contributed by atoms with Crippen molar-refractivity contribution in [2.24, 2.45) is 10.8 Å². The number of aromatic nitrogens is 6. The molecule has 4 aromatic rings. The predicted molar refractivity (Wildman–Crippen MR) is 179 cm³/mol. The van der Waals surface area contributed by atoms with Gasteiger partial charge in [0.05, 0.1) is 17.0 Å². The van der Waals surface area contributed by atoms with Crippen molar-refractivity contribution in [3.63, 3.8) is 0 Å². The van der Waals surface area contributed by atoms with Crippen molar-refractivity contribution in [1.82, 2.24) is 29.7 Å². The van der Waals surface area contributed by atoms with E-state index in [-0.39, 0.29) is 34.8 Å². The summed E-state index contributed by atoms with van der Waals surface area (Å²) >= 11 is 0. The minimum absolute atomic E-state index is 0.0818. The van der Waals surface area contributed by atoms with Crippen LogP contribution in [-0.2, 0) is 14.8 Å². The van der Waals surface area contributed by atoms with E-state index in [1.165, 1.54) is 35.3 Å². The van der Waals surface area contributed by atoms with Crippen molar-refractivity contribution >= 4 is 33.4 Å². The number of carboxylic acids is 1. The molecule has 4 bridgehead atoms. The minimum atomic E-state index is -4.49. The topological polar surface area (TPSA) is 177 Å². The van der Waals surface area contributed by atoms with E-state index in [0.29, 0.717) is 36.7 Å². The summed E-state index contributed by atoms with van der Waals surface area (Å²) in [6, 6.07) is 9.26. The molecule has 0 aromatic carbocycles. The number of hydrogen-bond acceptors (Lipinski definition) is 11. The number of halogens is 3. The van der Waals surface area contributed by atoms with E-state index in [9.17, 15) is 31.5 Å². The largest absolute Gasteiger partial charge is 0.481 e. The Hall–Kier alpha value is -5.00. The molecule has 0 amide bonds. The Labute approximate surface area is 287 Å². The van der Waals surface area contributed by atoms with Gasteiger partial charge in [-0.05, 0) is 71.2 Å². The lowest BCUT2D eigenvalue weighted by Crippen LogP contribution is -2.40. The number of alkyl halides is 3. The number of carboxylic acid groups (broad SMARTS) is 1. The number of fused-ring (bicyclic) bond motifs is 6. The van der Waals surface area contributed by atoms with Gasteiger partial charge < -0.3 is 20.1 Å². The molecule has 5 heterocycles. The van der Waals surface area contributed by atoms with Crippen LogP contribution in [0.1, 0.15) is 47.0 Å². The van der Waals surface area contributed by atoms with Gasteiger partial charge in [0.15, 0.2) is 16.7 Å². The number of ether oxygens (including phenoxy) is 1. The van der Waals surface area contributed by atoms with Crippen molar-refractivity contribution in [2.75, 3.05) is 41.2 Å². The molecule has 3 N–H and O–H groups in total. The summed E-state index contributed by atoms with van der Waals surface area (Å²) in [5.41, 5.74) is -2.64. The molecule has 0 unspecified atom stereocenters. The number of carbonyl (C=O) groups is 1. The third-order valence-electron chi connectivity index (χ3n) is 8.06. The Morgan fingerprint density at radius 2 is 1.80 bits per heavy atom. The summed E-state index contributed by atoms with van der Waals surface area (Å²) in [7, 11) is -4.33. The first kappa shape index (κ1) is 36.3. The van der Waals surface area contributed by atoms with Crippen molar-refractivity contribution < 1.29 is 36.2 Å². The van der Waals surface area contributed by atoms with Crippen LogP contribution in [0.2, 0.25) is 0 Å². The lowest BCUT2D eigenvalue weighted by Gasteiger charge is -2.31. The zero-order chi connectivity index (χ0) is 36.3. The molecule has 18 heteroatoms. The van der Waals surface area contributed by atoms with Crippen LogP contribution in [0.25, 0.3) is 17.1 Å². The van der Waals surface area contributed by atoms with Gasteiger partial charge in [-0.2, -0.15) is 21.6 Å². The highest BCUT2D eigenvalue weighted by Gasteiger charge is 2.48. The average Bonchev–Trinajstić information content (AvgIpc) is 3.53. The van der Waals surface area contributed by atoms with E-state index in [1.807, 2.05) is 0 Å². The fourth-order valence-electron chi connectivity index (χ4n) is 4.91. The Morgan fingerprint density at radius 3 is 2.54 bits per heavy atom. The second-order valence-electron chi connectivity index (χ2n) is 13.1. The maximum Gasteiger partial charge on any atom is 0.397 e. The fraction of sp³-hybridized carbons (Fsp3) is 0.438. The molecule has 0 saturated heterocycles. The van der Waals surface area contributed by atoms with Crippen molar-refractivity contribution in [1.29, 1.82) is 0 Å². The lowest BCUT2D eigenvalue weighted by atomic mass is 9.93. The normalized spacial score (nSPS) is 15.6. The van der Waals surface area contributed by atoms with E-state index in [2.05, 4.69) is 35.1 Å². The molecule has 1 aliphatic heterocycles. The number of sulfonamides is 1. The highest BCUT2D eigenvalue weighted by molar-refractivity contribution is 7.92. The summed E-state index contributed by atoms with van der Waals surface area (Å²) in [5, 5.41) is 17.0. The molecule has 0 saturated carbocycles. The van der Waals surface area contributed by atoms with Crippen LogP contribution in [0.5, 0.6) is 5.88 Å². The van der Waals surface area contributed by atoms with E-state index < -0.39 is 39.6 Å². The van der Waals surface area contributed by atoms with Crippen molar-refractivity contribution in [3.8, 4) is 23.0 Å². The fourth-order valence-corrected chi connectivity index (χ4v) is 5.86. The number of pyridine rings is 2. The second kappa shape index (κ2) is 14.1. The quantitative estimate of drug-likeness (QED) is 0.222. The average molecular weight is 718 g/mol. The Bertz CT molecular complexity index is 1950. The van der Waals surface area contributed by atoms with E-state index in [4.69, 9.17) is 4.74 Å². The SMILES string of the molecule is CC(C)(CN1CCCCCNc2ncccc2-c2nc(cnc2-n2ccc(OCC(C)(C)C(F)(F)F)n2)NS(=O)(=O)c2cccc1n2)C(=O)O. The number of anilines is 3. The molecular weight excluding hydrogens is 679 g/mol. The van der Waals surface area contributed by atoms with Crippen LogP contribution < -0.4 is 19.7 Å². The molecule has 14 nitrogen and oxygen atoms in total. The van der Waals surface area contributed by atoms with Crippen molar-refractivity contribution in [2.45, 2.75) is 58.2 Å². The Kier molecular flexibility index (Phi) is 10.2. The van der Waals surface area contributed by atoms with E-state index in [1.54, 1.807) is 43.1 Å². The molecule has 1 aliphatic rings. The maximum absolute atomic E-state index is 13.7. The molecule has 50 heavy (non-hydrogen) atoms. The maximum atomic E-state index is 13.7. The number of nitrogens with zero attached hydrogens (tertiary/aromatic N) is 7. The van der Waals surface area contributed by atoms with Crippen LogP contribution in [0.3, 0.4) is 0 Å². The first-order chi connectivity index (χ1) is 23.5. The van der Waals surface area contributed by atoms with Gasteiger partial charge >= 0.3 is 12.1 Å². The lowest BCUT2D eigenvalue weighted by molar-refractivity contribution is -0.219. The number of hydrogen-bond donors (Lipinski definition) is 3. The molecule has 0 atom stereocenters. The third kappa shape index (κ3) is 8.23. The van der Waals surface area contributed by atoms with Gasteiger partial charge in [-0.15, -0.1) is 5.10 Å². The van der Waals surface area contributed by atoms with Gasteiger partial charge in [0.1, 0.15) is 23.9 Å². The van der Waals surface area contributed by atoms with E-state index in [0.717, 1.165) is 26.7 Å². The van der Waals surface area contributed by atoms with Crippen LogP contribution in [0.4, 0.5) is 30.6 Å². The zero-order valence-corrected chi connectivity index (χ0v) is 28.7. The van der Waals surface area contributed by atoms with Crippen LogP contribution in [0.15, 0.2) is 60.0 Å². The number of rotatable bonds is 7. The van der Waals surface area contributed by atoms with E-state index >= 15 is 0 Å². The summed E-state index contributed by atoms with van der Waals surface area (Å²) in [4.78, 5) is 31.7. The third-order valence-corrected chi connectivity index (χ3v) is 9.31. The van der Waals surface area contributed by atoms with Gasteiger partial charge in [0.2, 0.25) is 5.88 Å². The first-order valence-electron chi connectivity index (χ1n) is 15.8. The zero-order valence-electron chi connectivity index (χ0n) is 27.9. The monoisotopic (exact) mass is 717 g/mol. The molecular formula is C32H38F3N9O5S. The highest BCUT2D eigenvalue weighted by Crippen LogP contribution is 2.38. The molecule has 0 aliphatic carbocycles. The van der Waals surface area contributed by atoms with Crippen LogP contribution in [0, 0.1) is 10.8 Å². The van der Waals surface area contributed by atoms with Gasteiger partial charge in [0.25, 0.3) is 10.0 Å². The Balaban J connectivity index is 1.54. The molecule has 5 rings (SSSR count). The second-order valence-corrected chi connectivity index (χ2v) is 14.8. The summed E-state index contributed by atoms with van der Waals surface area (Å²) in [5.74, 6) is -0.372. The number of aliphatic carboxylic acids is 1. The predicted octanol–water partition coefficient (Wildman–Crippen LogP) is 5.40. The molecule has 0 fully saturated rings. The van der Waals surface area contributed by atoms with Gasteiger partial charge in [-0.3, -0.25) is 9.52 Å². The summed E-state index contributed by atoms with van der Waals surface area (Å²) in [6.45, 7) is 5.62. The summed E-state index contributed by atoms with van der Waals surface area (Å²) in [6.07, 6.45) is 1.85.